The van der Waals surface area contributed by atoms with Crippen molar-refractivity contribution in [2.45, 2.75) is 6.61 Å². The molecule has 2 aromatic carbocycles. The Morgan fingerprint density at radius 1 is 1.06 bits per heavy atom. The summed E-state index contributed by atoms with van der Waals surface area (Å²) in [7, 11) is 0. The van der Waals surface area contributed by atoms with E-state index in [1.54, 1.807) is 12.1 Å². The van der Waals surface area contributed by atoms with E-state index in [-0.39, 0.29) is 23.7 Å². The number of rotatable bonds is 4. The molecule has 2 aromatic rings. The van der Waals surface area contributed by atoms with Crippen LogP contribution in [0.5, 0.6) is 5.75 Å². The second-order valence-electron chi connectivity index (χ2n) is 3.72. The summed E-state index contributed by atoms with van der Waals surface area (Å²) < 4.78 is 31.2. The minimum Gasteiger partial charge on any atom is -0.488 e. The van der Waals surface area contributed by atoms with E-state index in [4.69, 9.17) is 4.74 Å². The largest absolute Gasteiger partial charge is 0.488 e. The van der Waals surface area contributed by atoms with Crippen molar-refractivity contribution < 1.29 is 18.3 Å². The second kappa shape index (κ2) is 5.40. The van der Waals surface area contributed by atoms with Gasteiger partial charge in [0.15, 0.2) is 6.29 Å². The lowest BCUT2D eigenvalue weighted by molar-refractivity contribution is 0.111. The van der Waals surface area contributed by atoms with Gasteiger partial charge in [-0.2, -0.15) is 0 Å². The maximum Gasteiger partial charge on any atom is 0.153 e. The first-order valence-electron chi connectivity index (χ1n) is 5.31. The molecule has 0 heterocycles. The molecule has 0 saturated carbocycles. The highest BCUT2D eigenvalue weighted by molar-refractivity contribution is 5.79. The third-order valence-electron chi connectivity index (χ3n) is 2.38. The lowest BCUT2D eigenvalue weighted by Crippen LogP contribution is -1.99. The zero-order valence-corrected chi connectivity index (χ0v) is 9.40. The topological polar surface area (TPSA) is 26.3 Å². The Balaban J connectivity index is 2.13. The molecule has 0 aliphatic rings. The molecule has 0 unspecified atom stereocenters. The van der Waals surface area contributed by atoms with Gasteiger partial charge in [0.1, 0.15) is 24.0 Å². The van der Waals surface area contributed by atoms with Gasteiger partial charge in [-0.1, -0.05) is 12.1 Å². The van der Waals surface area contributed by atoms with Crippen LogP contribution in [-0.2, 0) is 6.61 Å². The van der Waals surface area contributed by atoms with Crippen molar-refractivity contribution in [2.75, 3.05) is 0 Å². The number of hydrogen-bond donors (Lipinski definition) is 0. The number of halogens is 2. The van der Waals surface area contributed by atoms with Crippen LogP contribution in [0.25, 0.3) is 0 Å². The molecule has 92 valence electrons. The molecular weight excluding hydrogens is 238 g/mol. The van der Waals surface area contributed by atoms with Crippen LogP contribution >= 0.6 is 0 Å². The van der Waals surface area contributed by atoms with Gasteiger partial charge in [0.25, 0.3) is 0 Å². The fourth-order valence-electron chi connectivity index (χ4n) is 1.53. The van der Waals surface area contributed by atoms with Crippen molar-refractivity contribution in [1.82, 2.24) is 0 Å². The van der Waals surface area contributed by atoms with Gasteiger partial charge in [0.2, 0.25) is 0 Å². The summed E-state index contributed by atoms with van der Waals surface area (Å²) in [6.45, 7) is 0.115. The van der Waals surface area contributed by atoms with Gasteiger partial charge in [0, 0.05) is 0 Å². The van der Waals surface area contributed by atoms with Crippen LogP contribution in [0.15, 0.2) is 42.5 Å². The van der Waals surface area contributed by atoms with Gasteiger partial charge in [0.05, 0.1) is 5.56 Å². The number of carbonyl (C=O) groups excluding carboxylic acids is 1. The summed E-state index contributed by atoms with van der Waals surface area (Å²) >= 11 is 0. The van der Waals surface area contributed by atoms with E-state index in [0.29, 0.717) is 11.8 Å². The van der Waals surface area contributed by atoms with Gasteiger partial charge >= 0.3 is 0 Å². The first-order valence-corrected chi connectivity index (χ1v) is 5.31. The maximum atomic E-state index is 12.9. The van der Waals surface area contributed by atoms with Gasteiger partial charge in [-0.3, -0.25) is 4.79 Å². The predicted molar refractivity (Wildman–Crippen MR) is 62.5 cm³/mol. The van der Waals surface area contributed by atoms with Crippen molar-refractivity contribution in [3.05, 3.63) is 65.2 Å². The first-order chi connectivity index (χ1) is 8.69. The van der Waals surface area contributed by atoms with Crippen molar-refractivity contribution in [2.24, 2.45) is 0 Å². The molecule has 2 nitrogen and oxygen atoms in total. The fraction of sp³-hybridized carbons (Fsp3) is 0.0714. The van der Waals surface area contributed by atoms with E-state index in [1.807, 2.05) is 0 Å². The predicted octanol–water partition coefficient (Wildman–Crippen LogP) is 3.36. The van der Waals surface area contributed by atoms with Gasteiger partial charge in [-0.15, -0.1) is 0 Å². The fourth-order valence-corrected chi connectivity index (χ4v) is 1.53. The third-order valence-corrected chi connectivity index (χ3v) is 2.38. The third kappa shape index (κ3) is 2.91. The average molecular weight is 248 g/mol. The summed E-state index contributed by atoms with van der Waals surface area (Å²) in [5, 5.41) is 0. The van der Waals surface area contributed by atoms with E-state index >= 15 is 0 Å². The lowest BCUT2D eigenvalue weighted by Gasteiger charge is -2.08. The van der Waals surface area contributed by atoms with E-state index in [0.717, 1.165) is 6.07 Å². The van der Waals surface area contributed by atoms with Crippen LogP contribution in [0.3, 0.4) is 0 Å². The van der Waals surface area contributed by atoms with E-state index in [2.05, 4.69) is 0 Å². The zero-order chi connectivity index (χ0) is 13.0. The normalized spacial score (nSPS) is 10.1. The molecule has 4 heteroatoms. The van der Waals surface area contributed by atoms with Crippen LogP contribution in [0.1, 0.15) is 15.9 Å². The number of ether oxygens (including phenoxy) is 1. The Bertz CT molecular complexity index is 567. The quantitative estimate of drug-likeness (QED) is 0.775. The molecule has 0 amide bonds. The Kier molecular flexibility index (Phi) is 3.67. The van der Waals surface area contributed by atoms with Crippen LogP contribution < -0.4 is 4.74 Å². The lowest BCUT2D eigenvalue weighted by atomic mass is 10.2. The molecule has 0 bridgehead atoms. The smallest absolute Gasteiger partial charge is 0.153 e. The molecule has 0 atom stereocenters. The Morgan fingerprint density at radius 2 is 1.83 bits per heavy atom. The molecule has 0 aromatic heterocycles. The summed E-state index contributed by atoms with van der Waals surface area (Å²) in [5.74, 6) is -0.586. The second-order valence-corrected chi connectivity index (χ2v) is 3.72. The van der Waals surface area contributed by atoms with Gasteiger partial charge < -0.3 is 4.74 Å². The number of carbonyl (C=O) groups is 1. The Morgan fingerprint density at radius 3 is 2.56 bits per heavy atom. The monoisotopic (exact) mass is 248 g/mol. The molecule has 0 N–H and O–H groups in total. The van der Waals surface area contributed by atoms with Crippen molar-refractivity contribution in [1.29, 1.82) is 0 Å². The van der Waals surface area contributed by atoms with E-state index in [9.17, 15) is 13.6 Å². The molecule has 2 rings (SSSR count). The molecule has 18 heavy (non-hydrogen) atoms. The van der Waals surface area contributed by atoms with E-state index in [1.165, 1.54) is 24.3 Å². The van der Waals surface area contributed by atoms with Crippen molar-refractivity contribution in [3.8, 4) is 5.75 Å². The van der Waals surface area contributed by atoms with Crippen LogP contribution in [0, 0.1) is 11.6 Å². The van der Waals surface area contributed by atoms with Crippen molar-refractivity contribution >= 4 is 6.29 Å². The minimum atomic E-state index is -0.504. The van der Waals surface area contributed by atoms with E-state index < -0.39 is 5.82 Å². The highest BCUT2D eigenvalue weighted by Gasteiger charge is 2.05. The van der Waals surface area contributed by atoms with Crippen LogP contribution in [-0.4, -0.2) is 6.29 Å². The highest BCUT2D eigenvalue weighted by Crippen LogP contribution is 2.19. The van der Waals surface area contributed by atoms with Gasteiger partial charge in [-0.05, 0) is 35.9 Å². The zero-order valence-electron chi connectivity index (χ0n) is 9.40. The Hall–Kier alpha value is -2.23. The minimum absolute atomic E-state index is 0.115. The first kappa shape index (κ1) is 12.2. The maximum absolute atomic E-state index is 12.9. The number of benzene rings is 2. The molecule has 0 fully saturated rings. The molecular formula is C14H10F2O2. The molecule has 0 aliphatic carbocycles. The SMILES string of the molecule is O=Cc1cc(F)ccc1OCc1cccc(F)c1. The van der Waals surface area contributed by atoms with Crippen molar-refractivity contribution in [3.63, 3.8) is 0 Å². The summed E-state index contributed by atoms with van der Waals surface area (Å²) in [6.07, 6.45) is 0.518. The summed E-state index contributed by atoms with van der Waals surface area (Å²) in [4.78, 5) is 10.7. The summed E-state index contributed by atoms with van der Waals surface area (Å²) in [6, 6.07) is 9.61. The Labute approximate surface area is 103 Å². The molecule has 0 aliphatic heterocycles. The van der Waals surface area contributed by atoms with Crippen LogP contribution in [0.2, 0.25) is 0 Å². The number of aldehydes is 1. The standard InChI is InChI=1S/C14H10F2O2/c15-12-3-1-2-10(6-12)9-18-14-5-4-13(16)7-11(14)8-17/h1-8H,9H2. The van der Waals surface area contributed by atoms with Gasteiger partial charge in [-0.25, -0.2) is 8.78 Å². The average Bonchev–Trinajstić information content (AvgIpc) is 2.37. The van der Waals surface area contributed by atoms with Crippen LogP contribution in [0.4, 0.5) is 8.78 Å². The summed E-state index contributed by atoms with van der Waals surface area (Å²) in [5.41, 5.74) is 0.766. The number of hydrogen-bond acceptors (Lipinski definition) is 2. The molecule has 0 saturated heterocycles. The molecule has 0 radical (unpaired) electrons. The highest BCUT2D eigenvalue weighted by atomic mass is 19.1. The molecule has 0 spiro atoms.